The largest absolute Gasteiger partial charge is 0.480 e. The number of benzene rings is 1. The number of rotatable bonds is 7. The Balaban J connectivity index is 1.66. The van der Waals surface area contributed by atoms with Gasteiger partial charge in [0.05, 0.1) is 18.4 Å². The first kappa shape index (κ1) is 19.7. The topological polar surface area (TPSA) is 176 Å². The van der Waals surface area contributed by atoms with E-state index in [1.54, 1.807) is 31.2 Å². The third-order valence-electron chi connectivity index (χ3n) is 4.12. The fraction of sp³-hybridized carbons (Fsp3) is 0.222. The molecular formula is C18H19N7O4. The van der Waals surface area contributed by atoms with Gasteiger partial charge in [0.25, 0.3) is 11.5 Å². The van der Waals surface area contributed by atoms with E-state index < -0.39 is 23.5 Å². The highest BCUT2D eigenvalue weighted by Gasteiger charge is 2.18. The van der Waals surface area contributed by atoms with Crippen LogP contribution in [-0.2, 0) is 11.3 Å². The maximum Gasteiger partial charge on any atom is 0.326 e. The van der Waals surface area contributed by atoms with Crippen LogP contribution in [-0.4, -0.2) is 43.0 Å². The van der Waals surface area contributed by atoms with Gasteiger partial charge in [-0.3, -0.25) is 14.6 Å². The molecule has 11 heteroatoms. The molecule has 150 valence electrons. The first-order chi connectivity index (χ1) is 13.9. The normalized spacial score (nSPS) is 11.8. The monoisotopic (exact) mass is 397 g/mol. The number of aliphatic carboxylic acids is 1. The van der Waals surface area contributed by atoms with Gasteiger partial charge in [0.2, 0.25) is 5.95 Å². The van der Waals surface area contributed by atoms with Crippen molar-refractivity contribution in [2.75, 3.05) is 11.1 Å². The van der Waals surface area contributed by atoms with E-state index >= 15 is 0 Å². The minimum atomic E-state index is -1.08. The van der Waals surface area contributed by atoms with Gasteiger partial charge < -0.3 is 21.5 Å². The van der Waals surface area contributed by atoms with Crippen LogP contribution in [0.15, 0.2) is 35.3 Å². The second-order valence-corrected chi connectivity index (χ2v) is 6.19. The van der Waals surface area contributed by atoms with Gasteiger partial charge in [-0.15, -0.1) is 0 Å². The maximum absolute atomic E-state index is 12.1. The Morgan fingerprint density at radius 3 is 2.62 bits per heavy atom. The number of nitrogens with zero attached hydrogens (tertiary/aromatic N) is 3. The molecule has 6 N–H and O–H groups in total. The van der Waals surface area contributed by atoms with Crippen LogP contribution in [0.1, 0.15) is 29.4 Å². The predicted molar refractivity (Wildman–Crippen MR) is 105 cm³/mol. The molecule has 3 rings (SSSR count). The highest BCUT2D eigenvalue weighted by molar-refractivity contribution is 5.96. The second-order valence-electron chi connectivity index (χ2n) is 6.19. The van der Waals surface area contributed by atoms with E-state index in [9.17, 15) is 14.4 Å². The molecule has 3 aromatic rings. The van der Waals surface area contributed by atoms with Gasteiger partial charge in [-0.1, -0.05) is 6.92 Å². The van der Waals surface area contributed by atoms with Crippen LogP contribution in [0.25, 0.3) is 11.2 Å². The number of anilines is 2. The van der Waals surface area contributed by atoms with E-state index in [-0.39, 0.29) is 23.7 Å². The summed E-state index contributed by atoms with van der Waals surface area (Å²) in [4.78, 5) is 49.6. The number of nitrogens with two attached hydrogens (primary N) is 1. The summed E-state index contributed by atoms with van der Waals surface area (Å²) in [5.74, 6) is -1.56. The van der Waals surface area contributed by atoms with E-state index in [2.05, 4.69) is 30.6 Å². The Kier molecular flexibility index (Phi) is 5.67. The Morgan fingerprint density at radius 1 is 1.24 bits per heavy atom. The molecule has 2 aromatic heterocycles. The van der Waals surface area contributed by atoms with Gasteiger partial charge in [0.15, 0.2) is 11.2 Å². The first-order valence-corrected chi connectivity index (χ1v) is 8.76. The third kappa shape index (κ3) is 4.64. The summed E-state index contributed by atoms with van der Waals surface area (Å²) in [5.41, 5.74) is 6.83. The molecule has 11 nitrogen and oxygen atoms in total. The molecule has 0 bridgehead atoms. The van der Waals surface area contributed by atoms with Crippen molar-refractivity contribution in [3.05, 3.63) is 52.1 Å². The van der Waals surface area contributed by atoms with E-state index in [1.807, 2.05) is 0 Å². The summed E-state index contributed by atoms with van der Waals surface area (Å²) >= 11 is 0. The van der Waals surface area contributed by atoms with Crippen molar-refractivity contribution in [1.29, 1.82) is 0 Å². The minimum Gasteiger partial charge on any atom is -0.480 e. The lowest BCUT2D eigenvalue weighted by atomic mass is 10.1. The molecule has 29 heavy (non-hydrogen) atoms. The summed E-state index contributed by atoms with van der Waals surface area (Å²) in [6.07, 6.45) is 1.78. The van der Waals surface area contributed by atoms with Crippen molar-refractivity contribution in [3.8, 4) is 0 Å². The molecule has 1 amide bonds. The number of aromatic amines is 1. The first-order valence-electron chi connectivity index (χ1n) is 8.76. The number of hydrogen-bond acceptors (Lipinski definition) is 8. The van der Waals surface area contributed by atoms with E-state index in [0.717, 1.165) is 0 Å². The Morgan fingerprint density at radius 2 is 1.97 bits per heavy atom. The van der Waals surface area contributed by atoms with Crippen LogP contribution in [0.3, 0.4) is 0 Å². The molecule has 1 unspecified atom stereocenters. The van der Waals surface area contributed by atoms with Gasteiger partial charge in [-0.25, -0.2) is 14.8 Å². The van der Waals surface area contributed by atoms with Crippen molar-refractivity contribution >= 4 is 34.7 Å². The average Bonchev–Trinajstić information content (AvgIpc) is 2.70. The van der Waals surface area contributed by atoms with Gasteiger partial charge in [-0.2, -0.15) is 4.98 Å². The fourth-order valence-corrected chi connectivity index (χ4v) is 2.57. The number of nitrogen functional groups attached to an aromatic ring is 1. The molecule has 1 aromatic carbocycles. The molecule has 0 aliphatic heterocycles. The highest BCUT2D eigenvalue weighted by atomic mass is 16.4. The number of hydrogen-bond donors (Lipinski definition) is 5. The number of amides is 1. The lowest BCUT2D eigenvalue weighted by Crippen LogP contribution is -2.40. The summed E-state index contributed by atoms with van der Waals surface area (Å²) in [6, 6.07) is 5.59. The molecule has 0 saturated heterocycles. The Hall–Kier alpha value is -4.02. The zero-order chi connectivity index (χ0) is 21.0. The second kappa shape index (κ2) is 8.33. The molecular weight excluding hydrogens is 378 g/mol. The van der Waals surface area contributed by atoms with Gasteiger partial charge in [0, 0.05) is 11.3 Å². The van der Waals surface area contributed by atoms with E-state index in [1.165, 1.54) is 6.20 Å². The average molecular weight is 397 g/mol. The fourth-order valence-electron chi connectivity index (χ4n) is 2.57. The van der Waals surface area contributed by atoms with Crippen molar-refractivity contribution < 1.29 is 14.7 Å². The summed E-state index contributed by atoms with van der Waals surface area (Å²) in [6.45, 7) is 1.97. The number of aromatic nitrogens is 4. The maximum atomic E-state index is 12.1. The predicted octanol–water partition coefficient (Wildman–Crippen LogP) is 0.500. The zero-order valence-electron chi connectivity index (χ0n) is 15.5. The van der Waals surface area contributed by atoms with Crippen LogP contribution in [0.5, 0.6) is 0 Å². The van der Waals surface area contributed by atoms with Crippen molar-refractivity contribution in [2.24, 2.45) is 0 Å². The number of carboxylic acids is 1. The molecule has 2 heterocycles. The van der Waals surface area contributed by atoms with Crippen LogP contribution < -0.4 is 21.9 Å². The van der Waals surface area contributed by atoms with Gasteiger partial charge in [-0.05, 0) is 30.7 Å². The molecule has 0 spiro atoms. The number of carbonyl (C=O) groups excluding carboxylic acids is 1. The zero-order valence-corrected chi connectivity index (χ0v) is 15.5. The number of nitrogens with one attached hydrogen (secondary N) is 3. The molecule has 0 aliphatic rings. The number of H-pyrrole nitrogens is 1. The molecule has 0 saturated carbocycles. The van der Waals surface area contributed by atoms with Crippen LogP contribution in [0.4, 0.5) is 11.6 Å². The summed E-state index contributed by atoms with van der Waals surface area (Å²) < 4.78 is 0. The van der Waals surface area contributed by atoms with Crippen molar-refractivity contribution in [2.45, 2.75) is 25.9 Å². The molecule has 0 fully saturated rings. The number of carboxylic acid groups (broad SMARTS) is 1. The molecule has 1 atom stereocenters. The molecule has 0 radical (unpaired) electrons. The number of fused-ring (bicyclic) bond motifs is 1. The lowest BCUT2D eigenvalue weighted by Gasteiger charge is -2.12. The van der Waals surface area contributed by atoms with Crippen LogP contribution >= 0.6 is 0 Å². The summed E-state index contributed by atoms with van der Waals surface area (Å²) in [7, 11) is 0. The van der Waals surface area contributed by atoms with E-state index in [4.69, 9.17) is 10.8 Å². The smallest absolute Gasteiger partial charge is 0.326 e. The van der Waals surface area contributed by atoms with E-state index in [0.29, 0.717) is 23.4 Å². The standard InChI is InChI=1S/C18H19N7O4/c1-2-12(17(28)29)23-15(26)9-3-5-10(6-4-9)20-7-11-8-21-14-13(22-11)16(27)25-18(19)24-14/h3-6,8,12,20H,2,7H2,1H3,(H,23,26)(H,28,29)(H3,19,21,24,25,27). The Bertz CT molecular complexity index is 1110. The third-order valence-corrected chi connectivity index (χ3v) is 4.12. The minimum absolute atomic E-state index is 0.0274. The molecule has 0 aliphatic carbocycles. The highest BCUT2D eigenvalue weighted by Crippen LogP contribution is 2.12. The Labute approximate surface area is 164 Å². The summed E-state index contributed by atoms with van der Waals surface area (Å²) in [5, 5.41) is 14.6. The quantitative estimate of drug-likeness (QED) is 0.380. The van der Waals surface area contributed by atoms with Crippen molar-refractivity contribution in [1.82, 2.24) is 25.3 Å². The van der Waals surface area contributed by atoms with Crippen LogP contribution in [0.2, 0.25) is 0 Å². The lowest BCUT2D eigenvalue weighted by molar-refractivity contribution is -0.139. The van der Waals surface area contributed by atoms with Gasteiger partial charge in [0.1, 0.15) is 6.04 Å². The van der Waals surface area contributed by atoms with Crippen LogP contribution in [0, 0.1) is 0 Å². The number of carbonyl (C=O) groups is 2. The van der Waals surface area contributed by atoms with Crippen molar-refractivity contribution in [3.63, 3.8) is 0 Å². The van der Waals surface area contributed by atoms with Gasteiger partial charge >= 0.3 is 5.97 Å². The SMILES string of the molecule is CCC(NC(=O)c1ccc(NCc2cnc3nc(N)[nH]c(=O)c3n2)cc1)C(=O)O.